The number of imide groups is 1. The van der Waals surface area contributed by atoms with Crippen LogP contribution in [0, 0.1) is 17.8 Å². The molecule has 1 aromatic carbocycles. The van der Waals surface area contributed by atoms with Crippen LogP contribution in [0.15, 0.2) is 70.8 Å². The highest BCUT2D eigenvalue weighted by Gasteiger charge is 2.57. The van der Waals surface area contributed by atoms with Crippen LogP contribution in [0.25, 0.3) is 0 Å². The topological polar surface area (TPSA) is 108 Å². The van der Waals surface area contributed by atoms with Crippen molar-refractivity contribution in [2.75, 3.05) is 12.1 Å². The van der Waals surface area contributed by atoms with Crippen LogP contribution in [0.2, 0.25) is 5.02 Å². The summed E-state index contributed by atoms with van der Waals surface area (Å²) in [6.07, 6.45) is -1.61. The van der Waals surface area contributed by atoms with Gasteiger partial charge in [0.1, 0.15) is 11.4 Å². The fourth-order valence-corrected chi connectivity index (χ4v) is 6.89. The normalized spacial score (nSPS) is 25.6. The van der Waals surface area contributed by atoms with Crippen LogP contribution in [0.3, 0.4) is 0 Å². The molecule has 3 aliphatic carbocycles. The van der Waals surface area contributed by atoms with Crippen LogP contribution in [0.4, 0.5) is 19.0 Å². The van der Waals surface area contributed by atoms with E-state index in [9.17, 15) is 37.5 Å². The Balaban J connectivity index is 1.44. The fraction of sp³-hybridized carbons (Fsp3) is 0.300. The molecule has 1 saturated heterocycles. The number of anilines is 1. The molecule has 4 atom stereocenters. The first-order valence-corrected chi connectivity index (χ1v) is 13.5. The molecule has 0 bridgehead atoms. The van der Waals surface area contributed by atoms with Crippen molar-refractivity contribution in [2.45, 2.75) is 31.9 Å². The minimum Gasteiger partial charge on any atom is -0.508 e. The Bertz CT molecular complexity index is 1690. The Morgan fingerprint density at radius 1 is 1.05 bits per heavy atom. The number of phenols is 1. The third-order valence-electron chi connectivity index (χ3n) is 8.51. The van der Waals surface area contributed by atoms with E-state index in [-0.39, 0.29) is 51.9 Å². The Hall–Kier alpha value is -4.25. The molecule has 2 heterocycles. The number of aromatic nitrogens is 1. The number of carbonyl (C=O) groups excluding carboxylic acids is 4. The lowest BCUT2D eigenvalue weighted by Gasteiger charge is -2.42. The van der Waals surface area contributed by atoms with Crippen molar-refractivity contribution in [1.29, 1.82) is 0 Å². The van der Waals surface area contributed by atoms with Gasteiger partial charge in [0.05, 0.1) is 16.9 Å². The number of alkyl halides is 3. The van der Waals surface area contributed by atoms with E-state index in [0.717, 1.165) is 16.1 Å². The predicted molar refractivity (Wildman–Crippen MR) is 144 cm³/mol. The summed E-state index contributed by atoms with van der Waals surface area (Å²) in [6.45, 7) is 1.53. The van der Waals surface area contributed by atoms with Crippen LogP contribution in [-0.4, -0.2) is 45.5 Å². The van der Waals surface area contributed by atoms with Crippen molar-refractivity contribution >= 4 is 40.8 Å². The number of para-hydroxylation sites is 1. The summed E-state index contributed by atoms with van der Waals surface area (Å²) in [5.41, 5.74) is 0.487. The lowest BCUT2D eigenvalue weighted by atomic mass is 9.59. The number of nitrogens with zero attached hydrogens (tertiary/aromatic N) is 3. The molecule has 2 amide bonds. The second-order valence-corrected chi connectivity index (χ2v) is 11.2. The number of carbonyl (C=O) groups is 4. The maximum atomic E-state index is 14.0. The highest BCUT2D eigenvalue weighted by atomic mass is 35.5. The highest BCUT2D eigenvalue weighted by molar-refractivity contribution is 6.33. The number of rotatable bonds is 3. The molecule has 8 nitrogen and oxygen atoms in total. The van der Waals surface area contributed by atoms with Gasteiger partial charge in [0.25, 0.3) is 11.8 Å². The van der Waals surface area contributed by atoms with Gasteiger partial charge in [-0.05, 0) is 50.0 Å². The first-order valence-electron chi connectivity index (χ1n) is 13.1. The third-order valence-corrected chi connectivity index (χ3v) is 8.81. The molecule has 1 N–H and O–H groups in total. The number of hydrogen-bond acceptors (Lipinski definition) is 7. The Labute approximate surface area is 242 Å². The summed E-state index contributed by atoms with van der Waals surface area (Å²) in [4.78, 5) is 57.9. The second-order valence-electron chi connectivity index (χ2n) is 10.8. The minimum atomic E-state index is -4.78. The van der Waals surface area contributed by atoms with Crippen molar-refractivity contribution in [1.82, 2.24) is 9.99 Å². The summed E-state index contributed by atoms with van der Waals surface area (Å²) in [5.74, 6) is -5.89. The fourth-order valence-electron chi connectivity index (χ4n) is 6.66. The summed E-state index contributed by atoms with van der Waals surface area (Å²) >= 11 is 6.16. The van der Waals surface area contributed by atoms with Gasteiger partial charge in [-0.1, -0.05) is 41.4 Å². The van der Waals surface area contributed by atoms with Gasteiger partial charge in [0, 0.05) is 35.2 Å². The van der Waals surface area contributed by atoms with Crippen molar-refractivity contribution in [3.8, 4) is 5.75 Å². The van der Waals surface area contributed by atoms with Gasteiger partial charge in [-0.3, -0.25) is 24.2 Å². The molecule has 2 aromatic rings. The Morgan fingerprint density at radius 3 is 2.45 bits per heavy atom. The molecule has 12 heteroatoms. The molecule has 216 valence electrons. The molecule has 0 unspecified atom stereocenters. The van der Waals surface area contributed by atoms with Gasteiger partial charge in [0.15, 0.2) is 17.4 Å². The van der Waals surface area contributed by atoms with Crippen LogP contribution < -0.4 is 5.01 Å². The Morgan fingerprint density at radius 2 is 1.76 bits per heavy atom. The van der Waals surface area contributed by atoms with E-state index in [1.807, 2.05) is 0 Å². The van der Waals surface area contributed by atoms with Gasteiger partial charge in [-0.25, -0.2) is 4.98 Å². The van der Waals surface area contributed by atoms with E-state index in [1.54, 1.807) is 24.3 Å². The number of fused-ring (bicyclic) bond motifs is 3. The van der Waals surface area contributed by atoms with Crippen LogP contribution in [0.5, 0.6) is 5.75 Å². The molecule has 0 radical (unpaired) electrons. The molecule has 6 rings (SSSR count). The van der Waals surface area contributed by atoms with Crippen LogP contribution in [0.1, 0.15) is 36.9 Å². The maximum Gasteiger partial charge on any atom is 0.433 e. The SMILES string of the molecule is CC1=CC(=O)C2=C(C[C@@H]3C(=CC[C@@H]4C(=O)N(N(C)c5nc(C(F)(F)F)ccc5Cl)C(=O)[C@@H]43)[C@@H]2c2ccccc2O)C1=O. The number of ketones is 2. The number of hydrogen-bond donors (Lipinski definition) is 1. The van der Waals surface area contributed by atoms with Gasteiger partial charge in [0.2, 0.25) is 0 Å². The third kappa shape index (κ3) is 4.09. The van der Waals surface area contributed by atoms with Crippen molar-refractivity contribution in [2.24, 2.45) is 17.8 Å². The number of halogens is 4. The average molecular weight is 598 g/mol. The number of amides is 2. The van der Waals surface area contributed by atoms with Crippen molar-refractivity contribution < 1.29 is 37.5 Å². The molecule has 4 aliphatic rings. The highest BCUT2D eigenvalue weighted by Crippen LogP contribution is 2.56. The standard InChI is InChI=1S/C30H23ClF3N3O5/c1-13-11-21(39)25-18(26(13)40)12-17-14(23(25)15-5-3-4-6-20(15)38)7-8-16-24(17)29(42)37(28(16)41)36(2)27-19(31)9-10-22(35-27)30(32,33)34/h3-7,9-11,16-17,23-24,38H,8,12H2,1-2H3/t16-,17+,23+,24-/m0/s1. The molecule has 1 aliphatic heterocycles. The zero-order valence-electron chi connectivity index (χ0n) is 22.3. The first kappa shape index (κ1) is 27.9. The van der Waals surface area contributed by atoms with E-state index < -0.39 is 53.2 Å². The number of Topliss-reactive ketones (excluding diaryl/α,β-unsaturated/α-hetero) is 1. The van der Waals surface area contributed by atoms with Crippen molar-refractivity contribution in [3.05, 3.63) is 87.1 Å². The summed E-state index contributed by atoms with van der Waals surface area (Å²) < 4.78 is 40.2. The zero-order valence-corrected chi connectivity index (χ0v) is 23.0. The van der Waals surface area contributed by atoms with Crippen LogP contribution >= 0.6 is 11.6 Å². The summed E-state index contributed by atoms with van der Waals surface area (Å²) in [5, 5.41) is 12.3. The van der Waals surface area contributed by atoms with Crippen molar-refractivity contribution in [3.63, 3.8) is 0 Å². The monoisotopic (exact) mass is 597 g/mol. The van der Waals surface area contributed by atoms with E-state index in [4.69, 9.17) is 11.6 Å². The summed E-state index contributed by atoms with van der Waals surface area (Å²) in [6, 6.07) is 8.12. The molecule has 0 spiro atoms. The number of allylic oxidation sites excluding steroid dienone is 6. The summed E-state index contributed by atoms with van der Waals surface area (Å²) in [7, 11) is 1.24. The number of phenolic OH excluding ortho intramolecular Hbond substituents is 1. The van der Waals surface area contributed by atoms with Crippen LogP contribution in [-0.2, 0) is 25.4 Å². The van der Waals surface area contributed by atoms with E-state index in [1.165, 1.54) is 26.1 Å². The largest absolute Gasteiger partial charge is 0.508 e. The number of benzene rings is 1. The lowest BCUT2D eigenvalue weighted by Crippen LogP contribution is -2.46. The second kappa shape index (κ2) is 9.65. The lowest BCUT2D eigenvalue weighted by molar-refractivity contribution is -0.141. The molecular weight excluding hydrogens is 575 g/mol. The molecule has 1 fully saturated rings. The maximum absolute atomic E-state index is 14.0. The predicted octanol–water partition coefficient (Wildman–Crippen LogP) is 4.94. The molecule has 42 heavy (non-hydrogen) atoms. The van der Waals surface area contributed by atoms with Gasteiger partial charge in [-0.2, -0.15) is 18.2 Å². The van der Waals surface area contributed by atoms with E-state index in [0.29, 0.717) is 17.2 Å². The number of pyridine rings is 1. The Kier molecular flexibility index (Phi) is 6.41. The average Bonchev–Trinajstić information content (AvgIpc) is 3.20. The number of hydrazine groups is 1. The molecular formula is C30H23ClF3N3O5. The van der Waals surface area contributed by atoms with E-state index >= 15 is 0 Å². The smallest absolute Gasteiger partial charge is 0.433 e. The first-order chi connectivity index (χ1) is 19.8. The van der Waals surface area contributed by atoms with E-state index in [2.05, 4.69) is 4.98 Å². The van der Waals surface area contributed by atoms with Gasteiger partial charge >= 0.3 is 6.18 Å². The number of aromatic hydroxyl groups is 1. The molecule has 0 saturated carbocycles. The minimum absolute atomic E-state index is 0.0152. The zero-order chi connectivity index (χ0) is 30.2. The quantitative estimate of drug-likeness (QED) is 0.303. The molecule has 1 aromatic heterocycles. The van der Waals surface area contributed by atoms with Gasteiger partial charge in [-0.15, -0.1) is 0 Å². The van der Waals surface area contributed by atoms with Gasteiger partial charge < -0.3 is 5.11 Å².